The quantitative estimate of drug-likeness (QED) is 0.657. The van der Waals surface area contributed by atoms with E-state index < -0.39 is 0 Å². The summed E-state index contributed by atoms with van der Waals surface area (Å²) in [6.07, 6.45) is 2.78. The number of hydrogen-bond acceptors (Lipinski definition) is 3. The third-order valence-electron chi connectivity index (χ3n) is 2.02. The summed E-state index contributed by atoms with van der Waals surface area (Å²) in [5.74, 6) is 0. The Morgan fingerprint density at radius 3 is 3.25 bits per heavy atom. The van der Waals surface area contributed by atoms with Crippen LogP contribution in [-0.4, -0.2) is 13.3 Å². The van der Waals surface area contributed by atoms with E-state index in [1.54, 1.807) is 0 Å². The predicted octanol–water partition coefficient (Wildman–Crippen LogP) is 1.68. The van der Waals surface area contributed by atoms with E-state index in [1.807, 2.05) is 25.4 Å². The standard InChI is InChI=1S/C9H11N3/c1-10-8-3-2-4-9-7(8)5-6-11-12-9/h2-4,6,10,12H,5H2,1H3. The molecule has 0 aromatic heterocycles. The van der Waals surface area contributed by atoms with Gasteiger partial charge in [0.25, 0.3) is 0 Å². The molecule has 3 nitrogen and oxygen atoms in total. The van der Waals surface area contributed by atoms with E-state index in [4.69, 9.17) is 0 Å². The van der Waals surface area contributed by atoms with E-state index >= 15 is 0 Å². The van der Waals surface area contributed by atoms with Gasteiger partial charge in [-0.1, -0.05) is 6.07 Å². The second-order valence-electron chi connectivity index (χ2n) is 2.71. The van der Waals surface area contributed by atoms with Crippen molar-refractivity contribution in [2.24, 2.45) is 5.10 Å². The lowest BCUT2D eigenvalue weighted by Crippen LogP contribution is -2.06. The summed E-state index contributed by atoms with van der Waals surface area (Å²) < 4.78 is 0. The molecule has 3 heteroatoms. The summed E-state index contributed by atoms with van der Waals surface area (Å²) >= 11 is 0. The van der Waals surface area contributed by atoms with Crippen LogP contribution in [0.2, 0.25) is 0 Å². The molecule has 1 aliphatic rings. The molecule has 0 bridgehead atoms. The van der Waals surface area contributed by atoms with Gasteiger partial charge in [0.15, 0.2) is 0 Å². The first-order chi connectivity index (χ1) is 5.92. The monoisotopic (exact) mass is 161 g/mol. The Balaban J connectivity index is 2.48. The number of fused-ring (bicyclic) bond motifs is 1. The fraction of sp³-hybridized carbons (Fsp3) is 0.222. The summed E-state index contributed by atoms with van der Waals surface area (Å²) in [5, 5.41) is 7.14. The molecule has 0 radical (unpaired) electrons. The van der Waals surface area contributed by atoms with Crippen molar-refractivity contribution in [1.29, 1.82) is 0 Å². The Kier molecular flexibility index (Phi) is 1.70. The number of rotatable bonds is 1. The van der Waals surface area contributed by atoms with Gasteiger partial charge < -0.3 is 5.32 Å². The van der Waals surface area contributed by atoms with E-state index in [2.05, 4.69) is 21.9 Å². The summed E-state index contributed by atoms with van der Waals surface area (Å²) in [6, 6.07) is 6.12. The van der Waals surface area contributed by atoms with Crippen molar-refractivity contribution in [2.75, 3.05) is 17.8 Å². The lowest BCUT2D eigenvalue weighted by atomic mass is 10.1. The third kappa shape index (κ3) is 1.03. The zero-order valence-electron chi connectivity index (χ0n) is 6.96. The molecular formula is C9H11N3. The summed E-state index contributed by atoms with van der Waals surface area (Å²) in [7, 11) is 1.93. The van der Waals surface area contributed by atoms with Gasteiger partial charge in [0.2, 0.25) is 0 Å². The SMILES string of the molecule is CNc1cccc2c1CC=NN2. The highest BCUT2D eigenvalue weighted by Crippen LogP contribution is 2.25. The molecule has 0 aliphatic carbocycles. The van der Waals surface area contributed by atoms with Crippen molar-refractivity contribution >= 4 is 17.6 Å². The zero-order chi connectivity index (χ0) is 8.39. The smallest absolute Gasteiger partial charge is 0.0618 e. The molecular weight excluding hydrogens is 150 g/mol. The molecule has 0 spiro atoms. The van der Waals surface area contributed by atoms with Crippen molar-refractivity contribution in [1.82, 2.24) is 0 Å². The maximum atomic E-state index is 3.99. The molecule has 0 atom stereocenters. The average molecular weight is 161 g/mol. The van der Waals surface area contributed by atoms with Crippen molar-refractivity contribution in [2.45, 2.75) is 6.42 Å². The van der Waals surface area contributed by atoms with Crippen LogP contribution in [0, 0.1) is 0 Å². The lowest BCUT2D eigenvalue weighted by Gasteiger charge is -2.15. The molecule has 0 saturated heterocycles. The number of nitrogens with zero attached hydrogens (tertiary/aromatic N) is 1. The molecule has 2 rings (SSSR count). The summed E-state index contributed by atoms with van der Waals surface area (Å²) in [5.41, 5.74) is 6.53. The Hall–Kier alpha value is -1.51. The maximum Gasteiger partial charge on any atom is 0.0618 e. The normalized spacial score (nSPS) is 13.4. The van der Waals surface area contributed by atoms with Crippen molar-refractivity contribution in [3.8, 4) is 0 Å². The average Bonchev–Trinajstić information content (AvgIpc) is 2.17. The molecule has 1 heterocycles. The molecule has 1 aromatic carbocycles. The van der Waals surface area contributed by atoms with Gasteiger partial charge in [-0.05, 0) is 12.1 Å². The second-order valence-corrected chi connectivity index (χ2v) is 2.71. The summed E-state index contributed by atoms with van der Waals surface area (Å²) in [6.45, 7) is 0. The van der Waals surface area contributed by atoms with Gasteiger partial charge in [-0.25, -0.2) is 0 Å². The first-order valence-corrected chi connectivity index (χ1v) is 3.99. The van der Waals surface area contributed by atoms with Crippen LogP contribution in [0.15, 0.2) is 23.3 Å². The minimum Gasteiger partial charge on any atom is -0.388 e. The summed E-state index contributed by atoms with van der Waals surface area (Å²) in [4.78, 5) is 0. The van der Waals surface area contributed by atoms with Gasteiger partial charge in [-0.15, -0.1) is 0 Å². The van der Waals surface area contributed by atoms with Gasteiger partial charge in [-0.3, -0.25) is 5.43 Å². The fourth-order valence-corrected chi connectivity index (χ4v) is 1.40. The number of nitrogens with one attached hydrogen (secondary N) is 2. The lowest BCUT2D eigenvalue weighted by molar-refractivity contribution is 1.21. The van der Waals surface area contributed by atoms with Gasteiger partial charge in [0.05, 0.1) is 5.69 Å². The predicted molar refractivity (Wildman–Crippen MR) is 51.8 cm³/mol. The largest absolute Gasteiger partial charge is 0.388 e. The third-order valence-corrected chi connectivity index (χ3v) is 2.02. The van der Waals surface area contributed by atoms with Crippen LogP contribution in [0.5, 0.6) is 0 Å². The minimum atomic E-state index is 0.902. The van der Waals surface area contributed by atoms with Crippen LogP contribution in [-0.2, 0) is 6.42 Å². The Morgan fingerprint density at radius 1 is 1.50 bits per heavy atom. The molecule has 0 saturated carbocycles. The molecule has 0 fully saturated rings. The van der Waals surface area contributed by atoms with E-state index in [0.717, 1.165) is 12.1 Å². The van der Waals surface area contributed by atoms with Crippen LogP contribution >= 0.6 is 0 Å². The topological polar surface area (TPSA) is 36.4 Å². The van der Waals surface area contributed by atoms with Gasteiger partial charge >= 0.3 is 0 Å². The van der Waals surface area contributed by atoms with Crippen LogP contribution in [0.4, 0.5) is 11.4 Å². The number of hydrazone groups is 1. The van der Waals surface area contributed by atoms with E-state index in [-0.39, 0.29) is 0 Å². The van der Waals surface area contributed by atoms with Crippen molar-refractivity contribution in [3.05, 3.63) is 23.8 Å². The van der Waals surface area contributed by atoms with Crippen LogP contribution in [0.3, 0.4) is 0 Å². The number of anilines is 2. The second kappa shape index (κ2) is 2.85. The highest BCUT2D eigenvalue weighted by Gasteiger charge is 2.07. The van der Waals surface area contributed by atoms with E-state index in [9.17, 15) is 0 Å². The zero-order valence-corrected chi connectivity index (χ0v) is 6.96. The van der Waals surface area contributed by atoms with Gasteiger partial charge in [0.1, 0.15) is 0 Å². The van der Waals surface area contributed by atoms with Crippen molar-refractivity contribution < 1.29 is 0 Å². The van der Waals surface area contributed by atoms with Crippen LogP contribution in [0.1, 0.15) is 5.56 Å². The Bertz CT molecular complexity index is 318. The van der Waals surface area contributed by atoms with E-state index in [1.165, 1.54) is 11.3 Å². The van der Waals surface area contributed by atoms with Gasteiger partial charge in [0, 0.05) is 30.9 Å². The van der Waals surface area contributed by atoms with Crippen LogP contribution < -0.4 is 10.7 Å². The van der Waals surface area contributed by atoms with Gasteiger partial charge in [-0.2, -0.15) is 5.10 Å². The Morgan fingerprint density at radius 2 is 2.42 bits per heavy atom. The first kappa shape index (κ1) is 7.16. The highest BCUT2D eigenvalue weighted by molar-refractivity contribution is 5.77. The van der Waals surface area contributed by atoms with Crippen LogP contribution in [0.25, 0.3) is 0 Å². The fourth-order valence-electron chi connectivity index (χ4n) is 1.40. The number of benzene rings is 1. The molecule has 2 N–H and O–H groups in total. The maximum absolute atomic E-state index is 3.99. The number of hydrogen-bond donors (Lipinski definition) is 2. The molecule has 62 valence electrons. The molecule has 0 amide bonds. The Labute approximate surface area is 71.5 Å². The van der Waals surface area contributed by atoms with E-state index in [0.29, 0.717) is 0 Å². The first-order valence-electron chi connectivity index (χ1n) is 3.99. The van der Waals surface area contributed by atoms with Crippen molar-refractivity contribution in [3.63, 3.8) is 0 Å². The molecule has 0 unspecified atom stereocenters. The molecule has 1 aromatic rings. The molecule has 12 heavy (non-hydrogen) atoms. The highest BCUT2D eigenvalue weighted by atomic mass is 15.3. The minimum absolute atomic E-state index is 0.902. The molecule has 1 aliphatic heterocycles.